The van der Waals surface area contributed by atoms with Crippen molar-refractivity contribution in [3.8, 4) is 0 Å². The topological polar surface area (TPSA) is 39.2 Å². The normalized spacial score (nSPS) is 10.6. The molecule has 0 N–H and O–H groups in total. The number of esters is 1. The van der Waals surface area contributed by atoms with Gasteiger partial charge >= 0.3 is 5.97 Å². The number of alkyl halides is 3. The zero-order chi connectivity index (χ0) is 12.3. The molecule has 3 nitrogen and oxygen atoms in total. The Bertz CT molecular complexity index is 415. The molecule has 0 unspecified atom stereocenters. The highest BCUT2D eigenvalue weighted by molar-refractivity contribution is 14.1. The molecule has 0 aromatic carbocycles. The van der Waals surface area contributed by atoms with E-state index in [4.69, 9.17) is 0 Å². The van der Waals surface area contributed by atoms with Crippen LogP contribution in [0, 0.1) is 3.57 Å². The minimum Gasteiger partial charge on any atom is -0.464 e. The second kappa shape index (κ2) is 5.85. The van der Waals surface area contributed by atoms with Crippen molar-refractivity contribution < 1.29 is 18.3 Å². The van der Waals surface area contributed by atoms with Gasteiger partial charge in [0.25, 0.3) is 6.43 Å². The predicted molar refractivity (Wildman–Crippen MR) is 65.9 cm³/mol. The van der Waals surface area contributed by atoms with Crippen LogP contribution in [-0.4, -0.2) is 18.1 Å². The van der Waals surface area contributed by atoms with Gasteiger partial charge in [-0.05, 0) is 22.6 Å². The third kappa shape index (κ3) is 2.68. The van der Waals surface area contributed by atoms with Crippen molar-refractivity contribution in [3.63, 3.8) is 0 Å². The summed E-state index contributed by atoms with van der Waals surface area (Å²) in [6.07, 6.45) is -1.41. The van der Waals surface area contributed by atoms with Gasteiger partial charge in [0, 0.05) is 26.2 Å². The minimum atomic E-state index is -2.65. The maximum Gasteiger partial charge on any atom is 0.356 e. The van der Waals surface area contributed by atoms with Crippen LogP contribution in [0.2, 0.25) is 0 Å². The first-order chi connectivity index (χ1) is 7.52. The molecule has 88 valence electrons. The number of carbonyl (C=O) groups excluding carboxylic acids is 1. The van der Waals surface area contributed by atoms with Crippen LogP contribution in [0.25, 0.3) is 0 Å². The van der Waals surface area contributed by atoms with E-state index >= 15 is 0 Å². The molecular weight excluding hydrogens is 399 g/mol. The lowest BCUT2D eigenvalue weighted by molar-refractivity contribution is 0.0592. The van der Waals surface area contributed by atoms with Crippen LogP contribution in [0.5, 0.6) is 0 Å². The van der Waals surface area contributed by atoms with Crippen LogP contribution < -0.4 is 0 Å². The molecule has 0 atom stereocenters. The highest BCUT2D eigenvalue weighted by Gasteiger charge is 2.23. The van der Waals surface area contributed by atoms with Crippen molar-refractivity contribution in [3.05, 3.63) is 26.6 Å². The summed E-state index contributed by atoms with van der Waals surface area (Å²) in [6, 6.07) is 0. The first-order valence-corrected chi connectivity index (χ1v) is 6.32. The summed E-state index contributed by atoms with van der Waals surface area (Å²) in [6.45, 7) is 0. The number of hydrogen-bond acceptors (Lipinski definition) is 3. The molecule has 1 rings (SSSR count). The number of pyridine rings is 1. The number of aromatic nitrogens is 1. The van der Waals surface area contributed by atoms with E-state index in [-0.39, 0.29) is 22.2 Å². The van der Waals surface area contributed by atoms with E-state index in [1.807, 2.05) is 0 Å². The summed E-state index contributed by atoms with van der Waals surface area (Å²) in [5.74, 6) is -0.715. The van der Waals surface area contributed by atoms with Gasteiger partial charge in [-0.2, -0.15) is 0 Å². The van der Waals surface area contributed by atoms with Crippen LogP contribution in [0.4, 0.5) is 8.78 Å². The zero-order valence-corrected chi connectivity index (χ0v) is 11.9. The Morgan fingerprint density at radius 2 is 2.31 bits per heavy atom. The molecular formula is C9H7BrF2INO2. The molecule has 0 spiro atoms. The fraction of sp³-hybridized carbons (Fsp3) is 0.333. The monoisotopic (exact) mass is 405 g/mol. The molecule has 0 aliphatic rings. The van der Waals surface area contributed by atoms with Crippen molar-refractivity contribution in [1.82, 2.24) is 4.98 Å². The lowest BCUT2D eigenvalue weighted by Gasteiger charge is -2.11. The van der Waals surface area contributed by atoms with Crippen LogP contribution in [0.3, 0.4) is 0 Å². The van der Waals surface area contributed by atoms with Crippen molar-refractivity contribution in [2.75, 3.05) is 7.11 Å². The number of rotatable bonds is 3. The third-order valence-electron chi connectivity index (χ3n) is 1.91. The Kier molecular flexibility index (Phi) is 5.03. The fourth-order valence-electron chi connectivity index (χ4n) is 1.18. The van der Waals surface area contributed by atoms with Gasteiger partial charge in [0.1, 0.15) is 0 Å². The minimum absolute atomic E-state index is 0.0740. The fourth-order valence-corrected chi connectivity index (χ4v) is 2.45. The van der Waals surface area contributed by atoms with Crippen LogP contribution >= 0.6 is 38.5 Å². The lowest BCUT2D eigenvalue weighted by Crippen LogP contribution is -2.11. The quantitative estimate of drug-likeness (QED) is 0.440. The van der Waals surface area contributed by atoms with E-state index in [1.54, 1.807) is 22.6 Å². The highest BCUT2D eigenvalue weighted by Crippen LogP contribution is 2.30. The summed E-state index contributed by atoms with van der Waals surface area (Å²) in [4.78, 5) is 15.1. The molecule has 0 fully saturated rings. The third-order valence-corrected chi connectivity index (χ3v) is 3.33. The Hall–Kier alpha value is -0.310. The van der Waals surface area contributed by atoms with E-state index in [0.29, 0.717) is 3.57 Å². The van der Waals surface area contributed by atoms with Crippen LogP contribution in [0.1, 0.15) is 28.0 Å². The molecule has 0 radical (unpaired) electrons. The van der Waals surface area contributed by atoms with Gasteiger partial charge < -0.3 is 4.74 Å². The van der Waals surface area contributed by atoms with Gasteiger partial charge in [-0.15, -0.1) is 0 Å². The maximum atomic E-state index is 12.8. The van der Waals surface area contributed by atoms with E-state index in [2.05, 4.69) is 25.7 Å². The summed E-state index contributed by atoms with van der Waals surface area (Å²) in [5.41, 5.74) is -0.0725. The van der Waals surface area contributed by atoms with Gasteiger partial charge in [-0.25, -0.2) is 18.6 Å². The first kappa shape index (κ1) is 13.8. The highest BCUT2D eigenvalue weighted by atomic mass is 127. The molecule has 1 aromatic heterocycles. The molecule has 0 aliphatic heterocycles. The van der Waals surface area contributed by atoms with Crippen LogP contribution in [0.15, 0.2) is 6.20 Å². The Labute approximate surface area is 113 Å². The second-order valence-corrected chi connectivity index (χ2v) is 4.50. The SMILES string of the molecule is COC(=O)c1ncc(I)c(C(F)F)c1CBr. The van der Waals surface area contributed by atoms with E-state index in [9.17, 15) is 13.6 Å². The molecule has 7 heteroatoms. The summed E-state index contributed by atoms with van der Waals surface area (Å²) in [5, 5.41) is 0.126. The maximum absolute atomic E-state index is 12.8. The molecule has 0 aliphatic carbocycles. The van der Waals surface area contributed by atoms with Crippen molar-refractivity contribution >= 4 is 44.5 Å². The molecule has 0 saturated heterocycles. The number of halogens is 4. The average Bonchev–Trinajstić information content (AvgIpc) is 2.26. The van der Waals surface area contributed by atoms with Gasteiger partial charge in [0.15, 0.2) is 5.69 Å². The van der Waals surface area contributed by atoms with E-state index < -0.39 is 12.4 Å². The standard InChI is InChI=1S/C9H7BrF2INO2/c1-16-9(15)7-4(2-10)6(8(11)12)5(13)3-14-7/h3,8H,2H2,1H3. The Morgan fingerprint density at radius 1 is 1.69 bits per heavy atom. The van der Waals surface area contributed by atoms with Gasteiger partial charge in [-0.1, -0.05) is 15.9 Å². The summed E-state index contributed by atoms with van der Waals surface area (Å²) in [7, 11) is 1.18. The Morgan fingerprint density at radius 3 is 2.75 bits per heavy atom. The zero-order valence-electron chi connectivity index (χ0n) is 8.14. The largest absolute Gasteiger partial charge is 0.464 e. The lowest BCUT2D eigenvalue weighted by atomic mass is 10.1. The first-order valence-electron chi connectivity index (χ1n) is 4.12. The smallest absolute Gasteiger partial charge is 0.356 e. The summed E-state index contributed by atoms with van der Waals surface area (Å²) >= 11 is 4.84. The molecule has 0 bridgehead atoms. The van der Waals surface area contributed by atoms with E-state index in [1.165, 1.54) is 13.3 Å². The Balaban J connectivity index is 3.42. The number of nitrogens with zero attached hydrogens (tertiary/aromatic N) is 1. The predicted octanol–water partition coefficient (Wildman–Crippen LogP) is 3.31. The van der Waals surface area contributed by atoms with Crippen LogP contribution in [-0.2, 0) is 10.1 Å². The average molecular weight is 406 g/mol. The molecule has 1 aromatic rings. The van der Waals surface area contributed by atoms with Crippen molar-refractivity contribution in [1.29, 1.82) is 0 Å². The van der Waals surface area contributed by atoms with Gasteiger partial charge in [0.05, 0.1) is 7.11 Å². The van der Waals surface area contributed by atoms with Crippen molar-refractivity contribution in [2.24, 2.45) is 0 Å². The number of ether oxygens (including phenoxy) is 1. The number of hydrogen-bond donors (Lipinski definition) is 0. The summed E-state index contributed by atoms with van der Waals surface area (Å²) < 4.78 is 30.4. The molecule has 0 amide bonds. The number of carbonyl (C=O) groups is 1. The second-order valence-electron chi connectivity index (χ2n) is 2.77. The van der Waals surface area contributed by atoms with E-state index in [0.717, 1.165) is 0 Å². The van der Waals surface area contributed by atoms with Gasteiger partial charge in [0.2, 0.25) is 0 Å². The van der Waals surface area contributed by atoms with Crippen molar-refractivity contribution in [2.45, 2.75) is 11.8 Å². The molecule has 0 saturated carbocycles. The molecule has 16 heavy (non-hydrogen) atoms. The van der Waals surface area contributed by atoms with Gasteiger partial charge in [-0.3, -0.25) is 0 Å². The number of methoxy groups -OCH3 is 1. The molecule has 1 heterocycles.